The molecule has 0 saturated heterocycles. The van der Waals surface area contributed by atoms with Crippen molar-refractivity contribution in [2.75, 3.05) is 131 Å². The van der Waals surface area contributed by atoms with E-state index in [9.17, 15) is 24.3 Å². The third-order valence-electron chi connectivity index (χ3n) is 9.83. The number of aliphatic hydroxyl groups excluding tert-OH is 1. The molecule has 0 aliphatic rings. The summed E-state index contributed by atoms with van der Waals surface area (Å²) in [5.74, 6) is 0.817. The highest BCUT2D eigenvalue weighted by atomic mass is 35.5. The van der Waals surface area contributed by atoms with Gasteiger partial charge in [0.25, 0.3) is 0 Å². The van der Waals surface area contributed by atoms with E-state index >= 15 is 0 Å². The highest BCUT2D eigenvalue weighted by molar-refractivity contribution is 6.17. The minimum absolute atomic E-state index is 0.0103. The van der Waals surface area contributed by atoms with Crippen molar-refractivity contribution in [1.29, 1.82) is 0 Å². The van der Waals surface area contributed by atoms with Gasteiger partial charge in [0.1, 0.15) is 38.8 Å². The average molecular weight is 1000 g/mol. The SMILES string of the molecule is O=C(CCCOCCOCCOC(=O)NCCCC[C@H](O)COc1cccc2ccccc12)OC/C=C/COC(=O)NCCOCCOCCOC(=O)CCCOCCOCCCCCCCCCl. The average Bonchev–Trinajstić information content (AvgIpc) is 3.35. The lowest BCUT2D eigenvalue weighted by Crippen LogP contribution is -2.28. The summed E-state index contributed by atoms with van der Waals surface area (Å²) < 4.78 is 59.0. The molecular weight excluding hydrogens is 920 g/mol. The fraction of sp³-hybridized carbons (Fsp3) is 0.680. The molecule has 69 heavy (non-hydrogen) atoms. The van der Waals surface area contributed by atoms with Crippen LogP contribution in [0.25, 0.3) is 10.8 Å². The van der Waals surface area contributed by atoms with Crippen molar-refractivity contribution >= 4 is 46.5 Å². The van der Waals surface area contributed by atoms with Crippen LogP contribution in [0, 0.1) is 0 Å². The van der Waals surface area contributed by atoms with E-state index in [0.717, 1.165) is 48.3 Å². The van der Waals surface area contributed by atoms with Gasteiger partial charge in [-0.25, -0.2) is 9.59 Å². The topological polar surface area (TPSA) is 214 Å². The molecule has 2 aromatic rings. The first kappa shape index (κ1) is 60.9. The lowest BCUT2D eigenvalue weighted by Gasteiger charge is -2.14. The summed E-state index contributed by atoms with van der Waals surface area (Å²) in [5, 5.41) is 17.6. The summed E-state index contributed by atoms with van der Waals surface area (Å²) in [4.78, 5) is 47.5. The van der Waals surface area contributed by atoms with Gasteiger partial charge in [-0.3, -0.25) is 9.59 Å². The molecule has 0 heterocycles. The van der Waals surface area contributed by atoms with E-state index in [1.54, 1.807) is 12.2 Å². The molecule has 0 aromatic heterocycles. The molecule has 2 rings (SSSR count). The fourth-order valence-electron chi connectivity index (χ4n) is 6.18. The Bertz CT molecular complexity index is 1620. The lowest BCUT2D eigenvalue weighted by atomic mass is 10.1. The van der Waals surface area contributed by atoms with Gasteiger partial charge < -0.3 is 67.8 Å². The van der Waals surface area contributed by atoms with E-state index in [1.165, 1.54) is 25.7 Å². The summed E-state index contributed by atoms with van der Waals surface area (Å²) in [5.41, 5.74) is 0. The number of rotatable bonds is 46. The molecule has 2 amide bonds. The first-order valence-corrected chi connectivity index (χ1v) is 25.0. The van der Waals surface area contributed by atoms with Crippen LogP contribution in [0.5, 0.6) is 5.75 Å². The molecule has 2 aromatic carbocycles. The largest absolute Gasteiger partial charge is 0.490 e. The molecule has 392 valence electrons. The summed E-state index contributed by atoms with van der Waals surface area (Å²) in [6.45, 7) is 5.85. The van der Waals surface area contributed by atoms with Gasteiger partial charge in [-0.2, -0.15) is 0 Å². The van der Waals surface area contributed by atoms with Crippen LogP contribution in [0.2, 0.25) is 0 Å². The van der Waals surface area contributed by atoms with Crippen LogP contribution in [0.1, 0.15) is 83.5 Å². The first-order valence-electron chi connectivity index (χ1n) is 24.5. The van der Waals surface area contributed by atoms with Gasteiger partial charge in [-0.05, 0) is 68.6 Å². The quantitative estimate of drug-likeness (QED) is 0.0199. The van der Waals surface area contributed by atoms with Crippen LogP contribution in [0.3, 0.4) is 0 Å². The lowest BCUT2D eigenvalue weighted by molar-refractivity contribution is -0.146. The Balaban J connectivity index is 1.24. The van der Waals surface area contributed by atoms with E-state index in [0.29, 0.717) is 85.1 Å². The molecule has 0 aliphatic heterocycles. The molecule has 0 radical (unpaired) electrons. The van der Waals surface area contributed by atoms with Crippen molar-refractivity contribution in [1.82, 2.24) is 10.6 Å². The van der Waals surface area contributed by atoms with Crippen molar-refractivity contribution < 1.29 is 76.4 Å². The number of amides is 2. The number of hydrogen-bond acceptors (Lipinski definition) is 16. The second-order valence-corrected chi connectivity index (χ2v) is 16.0. The maximum Gasteiger partial charge on any atom is 0.407 e. The maximum atomic E-state index is 11.9. The number of carbonyl (C=O) groups excluding carboxylic acids is 4. The van der Waals surface area contributed by atoms with E-state index in [4.69, 9.17) is 63.7 Å². The Morgan fingerprint density at radius 1 is 0.507 bits per heavy atom. The van der Waals surface area contributed by atoms with Crippen LogP contribution < -0.4 is 15.4 Å². The van der Waals surface area contributed by atoms with Crippen molar-refractivity contribution in [3.63, 3.8) is 0 Å². The standard InChI is InChI=1S/C50H79ClN2O16/c51-23-8-3-1-2-4-10-26-59-32-33-60-28-15-22-48(56)66-40-38-63-37-35-62-31-25-53-50(58)67-30-12-11-29-65-47(55)21-14-27-61-34-36-64-39-41-68-49(57)52-24-9-7-18-44(54)42-69-46-20-13-17-43-16-5-6-19-45(43)46/h5-6,11-13,16-17,19-20,44,54H,1-4,7-10,14-15,18,21-42H2,(H,52,57)(H,53,58)/b12-11+/t44-/m0/s1. The Hall–Kier alpha value is -4.27. The van der Waals surface area contributed by atoms with Crippen LogP contribution in [0.15, 0.2) is 54.6 Å². The van der Waals surface area contributed by atoms with Crippen molar-refractivity contribution in [2.45, 2.75) is 89.6 Å². The monoisotopic (exact) mass is 999 g/mol. The summed E-state index contributed by atoms with van der Waals surface area (Å²) in [6.07, 6.45) is 11.9. The van der Waals surface area contributed by atoms with Crippen molar-refractivity contribution in [2.24, 2.45) is 0 Å². The molecule has 0 bridgehead atoms. The Morgan fingerprint density at radius 3 is 1.72 bits per heavy atom. The molecule has 0 aliphatic carbocycles. The van der Waals surface area contributed by atoms with E-state index in [2.05, 4.69) is 10.6 Å². The van der Waals surface area contributed by atoms with Gasteiger partial charge in [0.05, 0.1) is 65.6 Å². The normalized spacial score (nSPS) is 11.7. The molecule has 0 spiro atoms. The van der Waals surface area contributed by atoms with E-state index in [1.807, 2.05) is 42.5 Å². The summed E-state index contributed by atoms with van der Waals surface area (Å²) >= 11 is 5.68. The van der Waals surface area contributed by atoms with E-state index < -0.39 is 18.3 Å². The van der Waals surface area contributed by atoms with Gasteiger partial charge in [-0.15, -0.1) is 11.6 Å². The molecule has 0 fully saturated rings. The smallest absolute Gasteiger partial charge is 0.407 e. The zero-order valence-corrected chi connectivity index (χ0v) is 41.3. The second kappa shape index (κ2) is 44.9. The molecule has 0 unspecified atom stereocenters. The number of hydrogen-bond donors (Lipinski definition) is 3. The summed E-state index contributed by atoms with van der Waals surface area (Å²) in [6, 6.07) is 13.8. The fourth-order valence-corrected chi connectivity index (χ4v) is 6.36. The number of alkyl carbamates (subject to hydrolysis) is 2. The van der Waals surface area contributed by atoms with Crippen LogP contribution in [0.4, 0.5) is 9.59 Å². The first-order chi connectivity index (χ1) is 33.9. The van der Waals surface area contributed by atoms with Gasteiger partial charge >= 0.3 is 24.1 Å². The predicted octanol–water partition coefficient (Wildman–Crippen LogP) is 7.08. The Morgan fingerprint density at radius 2 is 1.03 bits per heavy atom. The van der Waals surface area contributed by atoms with Gasteiger partial charge in [-0.1, -0.05) is 62.1 Å². The molecule has 3 N–H and O–H groups in total. The number of ether oxygens (including phenoxy) is 11. The molecule has 1 atom stereocenters. The van der Waals surface area contributed by atoms with Gasteiger partial charge in [0.2, 0.25) is 0 Å². The molecule has 18 nitrogen and oxygen atoms in total. The highest BCUT2D eigenvalue weighted by Crippen LogP contribution is 2.25. The van der Waals surface area contributed by atoms with Gasteiger partial charge in [0.15, 0.2) is 0 Å². The highest BCUT2D eigenvalue weighted by Gasteiger charge is 2.09. The number of unbranched alkanes of at least 4 members (excludes halogenated alkanes) is 6. The van der Waals surface area contributed by atoms with Crippen LogP contribution in [-0.2, 0) is 57.0 Å². The molecular formula is C50H79ClN2O16. The minimum Gasteiger partial charge on any atom is -0.490 e. The third kappa shape index (κ3) is 37.3. The summed E-state index contributed by atoms with van der Waals surface area (Å²) in [7, 11) is 0. The van der Waals surface area contributed by atoms with Crippen LogP contribution in [-0.4, -0.2) is 167 Å². The number of aliphatic hydroxyl groups is 1. The predicted molar refractivity (Wildman–Crippen MR) is 261 cm³/mol. The van der Waals surface area contributed by atoms with Gasteiger partial charge in [0, 0.05) is 57.0 Å². The zero-order chi connectivity index (χ0) is 49.5. The van der Waals surface area contributed by atoms with Crippen molar-refractivity contribution in [3.05, 3.63) is 54.6 Å². The molecule has 19 heteroatoms. The number of fused-ring (bicyclic) bond motifs is 1. The third-order valence-corrected chi connectivity index (χ3v) is 10.1. The number of halogens is 1. The van der Waals surface area contributed by atoms with E-state index in [-0.39, 0.29) is 84.2 Å². The number of nitrogens with one attached hydrogen (secondary N) is 2. The minimum atomic E-state index is -0.608. The number of esters is 2. The number of carbonyl (C=O) groups is 4. The number of alkyl halides is 1. The Labute approximate surface area is 413 Å². The maximum absolute atomic E-state index is 11.9. The second-order valence-electron chi connectivity index (χ2n) is 15.6. The Kier molecular flexibility index (Phi) is 39.6. The zero-order valence-electron chi connectivity index (χ0n) is 40.6. The van der Waals surface area contributed by atoms with Crippen molar-refractivity contribution in [3.8, 4) is 5.75 Å². The van der Waals surface area contributed by atoms with Crippen LogP contribution >= 0.6 is 11.6 Å². The molecule has 0 saturated carbocycles. The number of benzene rings is 2.